The van der Waals surface area contributed by atoms with Gasteiger partial charge in [0.15, 0.2) is 11.5 Å². The second kappa shape index (κ2) is 7.42. The number of hydrogen-bond donors (Lipinski definition) is 2. The third kappa shape index (κ3) is 3.07. The van der Waals surface area contributed by atoms with Crippen LogP contribution in [-0.2, 0) is 6.42 Å². The maximum Gasteiger partial charge on any atom is 0.260 e. The summed E-state index contributed by atoms with van der Waals surface area (Å²) in [5.74, 6) is 0.559. The van der Waals surface area contributed by atoms with Crippen molar-refractivity contribution in [1.29, 1.82) is 0 Å². The van der Waals surface area contributed by atoms with Gasteiger partial charge in [-0.1, -0.05) is 41.9 Å². The van der Waals surface area contributed by atoms with Crippen molar-refractivity contribution in [2.24, 2.45) is 0 Å². The van der Waals surface area contributed by atoms with Crippen LogP contribution in [0.15, 0.2) is 61.2 Å². The fourth-order valence-electron chi connectivity index (χ4n) is 4.05. The average molecular weight is 419 g/mol. The summed E-state index contributed by atoms with van der Waals surface area (Å²) < 4.78 is 0. The Balaban J connectivity index is 1.56. The highest BCUT2D eigenvalue weighted by molar-refractivity contribution is 6.35. The van der Waals surface area contributed by atoms with Gasteiger partial charge in [-0.25, -0.2) is 15.0 Å². The molecule has 2 aromatic heterocycles. The molecule has 2 N–H and O–H groups in total. The van der Waals surface area contributed by atoms with Crippen LogP contribution in [0.1, 0.15) is 22.8 Å². The van der Waals surface area contributed by atoms with E-state index in [1.807, 2.05) is 54.3 Å². The number of nitrogens with one attached hydrogen (secondary N) is 2. The highest BCUT2D eigenvalue weighted by Gasteiger charge is 2.37. The molecule has 30 heavy (non-hydrogen) atoms. The van der Waals surface area contributed by atoms with E-state index in [1.165, 1.54) is 6.33 Å². The molecule has 2 atom stereocenters. The van der Waals surface area contributed by atoms with E-state index < -0.39 is 0 Å². The molecule has 3 heterocycles. The van der Waals surface area contributed by atoms with Gasteiger partial charge in [-0.15, -0.1) is 0 Å². The maximum absolute atomic E-state index is 13.5. The molecule has 150 valence electrons. The Kier molecular flexibility index (Phi) is 4.59. The first kappa shape index (κ1) is 18.6. The summed E-state index contributed by atoms with van der Waals surface area (Å²) in [4.78, 5) is 31.2. The van der Waals surface area contributed by atoms with E-state index in [0.29, 0.717) is 28.5 Å². The van der Waals surface area contributed by atoms with Crippen LogP contribution in [0.4, 0.5) is 11.5 Å². The standard InChI is InChI=1S/C22H19ClN6O/c1-13(28-21-19-20(25-11-24-19)26-12-27-21)17-10-14-6-5-9-16(23)18(14)22(30)29(17)15-7-3-2-4-8-15/h2-9,11-13,17H,10H2,1H3,(H2,24,25,26,27,28)/t13-,17?/m0/s1. The van der Waals surface area contributed by atoms with Crippen molar-refractivity contribution >= 4 is 40.2 Å². The van der Waals surface area contributed by atoms with E-state index in [1.54, 1.807) is 12.4 Å². The van der Waals surface area contributed by atoms with Gasteiger partial charge in [-0.2, -0.15) is 0 Å². The Labute approximate surface area is 178 Å². The Bertz CT molecular complexity index is 1220. The Hall–Kier alpha value is -3.45. The number of H-pyrrole nitrogens is 1. The summed E-state index contributed by atoms with van der Waals surface area (Å²) in [6, 6.07) is 15.1. The van der Waals surface area contributed by atoms with Crippen LogP contribution in [0, 0.1) is 0 Å². The Morgan fingerprint density at radius 2 is 1.97 bits per heavy atom. The zero-order chi connectivity index (χ0) is 20.7. The summed E-state index contributed by atoms with van der Waals surface area (Å²) >= 11 is 6.41. The lowest BCUT2D eigenvalue weighted by molar-refractivity contribution is 0.0965. The number of fused-ring (bicyclic) bond motifs is 2. The molecule has 1 unspecified atom stereocenters. The maximum atomic E-state index is 13.5. The molecule has 7 nitrogen and oxygen atoms in total. The summed E-state index contributed by atoms with van der Waals surface area (Å²) in [5.41, 5.74) is 3.69. The fourth-order valence-corrected chi connectivity index (χ4v) is 4.33. The quantitative estimate of drug-likeness (QED) is 0.521. The van der Waals surface area contributed by atoms with Gasteiger partial charge < -0.3 is 15.2 Å². The van der Waals surface area contributed by atoms with Gasteiger partial charge in [0.05, 0.1) is 23.0 Å². The number of imidazole rings is 1. The minimum Gasteiger partial charge on any atom is -0.364 e. The number of halogens is 1. The number of anilines is 2. The summed E-state index contributed by atoms with van der Waals surface area (Å²) in [7, 11) is 0. The van der Waals surface area contributed by atoms with E-state index >= 15 is 0 Å². The van der Waals surface area contributed by atoms with Gasteiger partial charge >= 0.3 is 0 Å². The number of nitrogens with zero attached hydrogens (tertiary/aromatic N) is 4. The lowest BCUT2D eigenvalue weighted by Crippen LogP contribution is -2.53. The second-order valence-corrected chi connectivity index (χ2v) is 7.72. The number of benzene rings is 2. The third-order valence-corrected chi connectivity index (χ3v) is 5.81. The summed E-state index contributed by atoms with van der Waals surface area (Å²) in [6.45, 7) is 2.05. The predicted molar refractivity (Wildman–Crippen MR) is 117 cm³/mol. The van der Waals surface area contributed by atoms with Crippen LogP contribution < -0.4 is 10.2 Å². The molecule has 5 rings (SSSR count). The number of carbonyl (C=O) groups excluding carboxylic acids is 1. The van der Waals surface area contributed by atoms with E-state index in [-0.39, 0.29) is 18.0 Å². The molecule has 0 bridgehead atoms. The number of hydrogen-bond acceptors (Lipinski definition) is 5. The normalized spacial score (nSPS) is 17.1. The van der Waals surface area contributed by atoms with Gasteiger partial charge in [0.2, 0.25) is 0 Å². The molecule has 0 saturated heterocycles. The number of carbonyl (C=O) groups is 1. The second-order valence-electron chi connectivity index (χ2n) is 7.31. The zero-order valence-electron chi connectivity index (χ0n) is 16.2. The van der Waals surface area contributed by atoms with Gasteiger partial charge in [0, 0.05) is 11.7 Å². The highest BCUT2D eigenvalue weighted by atomic mass is 35.5. The minimum atomic E-state index is -0.140. The molecule has 0 saturated carbocycles. The highest BCUT2D eigenvalue weighted by Crippen LogP contribution is 2.34. The molecule has 0 aliphatic carbocycles. The van der Waals surface area contributed by atoms with Crippen LogP contribution >= 0.6 is 11.6 Å². The van der Waals surface area contributed by atoms with Gasteiger partial charge in [-0.05, 0) is 37.1 Å². The number of rotatable bonds is 4. The lowest BCUT2D eigenvalue weighted by Gasteiger charge is -2.40. The third-order valence-electron chi connectivity index (χ3n) is 5.49. The molecule has 4 aromatic rings. The molecule has 2 aromatic carbocycles. The number of para-hydroxylation sites is 1. The van der Waals surface area contributed by atoms with Crippen molar-refractivity contribution < 1.29 is 4.79 Å². The molecule has 1 aliphatic heterocycles. The first-order valence-electron chi connectivity index (χ1n) is 9.70. The number of aromatic nitrogens is 4. The molecule has 8 heteroatoms. The van der Waals surface area contributed by atoms with Gasteiger partial charge in [0.1, 0.15) is 11.8 Å². The summed E-state index contributed by atoms with van der Waals surface area (Å²) in [6.07, 6.45) is 3.74. The summed E-state index contributed by atoms with van der Waals surface area (Å²) in [5, 5.41) is 3.94. The van der Waals surface area contributed by atoms with Crippen LogP contribution in [0.2, 0.25) is 5.02 Å². The van der Waals surface area contributed by atoms with Gasteiger partial charge in [-0.3, -0.25) is 4.79 Å². The lowest BCUT2D eigenvalue weighted by atomic mass is 9.89. The first-order valence-corrected chi connectivity index (χ1v) is 10.1. The molecular weight excluding hydrogens is 400 g/mol. The van der Waals surface area contributed by atoms with Crippen molar-refractivity contribution in [3.63, 3.8) is 0 Å². The monoisotopic (exact) mass is 418 g/mol. The van der Waals surface area contributed by atoms with E-state index in [0.717, 1.165) is 16.8 Å². The number of amides is 1. The van der Waals surface area contributed by atoms with Crippen molar-refractivity contribution in [2.75, 3.05) is 10.2 Å². The van der Waals surface area contributed by atoms with Crippen LogP contribution in [0.25, 0.3) is 11.2 Å². The van der Waals surface area contributed by atoms with Crippen molar-refractivity contribution in [3.05, 3.63) is 77.3 Å². The predicted octanol–water partition coefficient (Wildman–Crippen LogP) is 4.08. The van der Waals surface area contributed by atoms with Crippen molar-refractivity contribution in [1.82, 2.24) is 19.9 Å². The largest absolute Gasteiger partial charge is 0.364 e. The molecule has 0 fully saturated rings. The van der Waals surface area contributed by atoms with E-state index in [9.17, 15) is 4.79 Å². The fraction of sp³-hybridized carbons (Fsp3) is 0.182. The van der Waals surface area contributed by atoms with Crippen LogP contribution in [0.5, 0.6) is 0 Å². The van der Waals surface area contributed by atoms with Crippen LogP contribution in [0.3, 0.4) is 0 Å². The van der Waals surface area contributed by atoms with Crippen molar-refractivity contribution in [2.45, 2.75) is 25.4 Å². The zero-order valence-corrected chi connectivity index (χ0v) is 17.0. The first-order chi connectivity index (χ1) is 14.6. The van der Waals surface area contributed by atoms with Gasteiger partial charge in [0.25, 0.3) is 5.91 Å². The molecule has 1 amide bonds. The van der Waals surface area contributed by atoms with Crippen molar-refractivity contribution in [3.8, 4) is 0 Å². The molecule has 1 aliphatic rings. The van der Waals surface area contributed by atoms with E-state index in [2.05, 4.69) is 25.3 Å². The smallest absolute Gasteiger partial charge is 0.260 e. The van der Waals surface area contributed by atoms with E-state index in [4.69, 9.17) is 11.6 Å². The molecular formula is C22H19ClN6O. The number of aromatic amines is 1. The van der Waals surface area contributed by atoms with Crippen LogP contribution in [-0.4, -0.2) is 37.9 Å². The average Bonchev–Trinajstić information content (AvgIpc) is 3.24. The molecule has 0 radical (unpaired) electrons. The molecule has 0 spiro atoms. The Morgan fingerprint density at radius 3 is 2.80 bits per heavy atom. The SMILES string of the molecule is C[C@H](Nc1ncnc2nc[nH]c12)C1Cc2cccc(Cl)c2C(=O)N1c1ccccc1. The topological polar surface area (TPSA) is 86.8 Å². The Morgan fingerprint density at radius 1 is 1.13 bits per heavy atom. The minimum absolute atomic E-state index is 0.0962.